The summed E-state index contributed by atoms with van der Waals surface area (Å²) in [6.45, 7) is 0.865. The molecule has 0 fully saturated rings. The summed E-state index contributed by atoms with van der Waals surface area (Å²) in [6.07, 6.45) is 2.62. The van der Waals surface area contributed by atoms with Gasteiger partial charge in [-0.3, -0.25) is 4.72 Å². The number of halogens is 1. The van der Waals surface area contributed by atoms with Crippen molar-refractivity contribution in [3.8, 4) is 5.88 Å². The summed E-state index contributed by atoms with van der Waals surface area (Å²) >= 11 is 5.51. The van der Waals surface area contributed by atoms with Gasteiger partial charge in [0.15, 0.2) is 0 Å². The fourth-order valence-corrected chi connectivity index (χ4v) is 2.73. The Kier molecular flexibility index (Phi) is 7.64. The largest absolute Gasteiger partial charge is 0.475 e. The van der Waals surface area contributed by atoms with Crippen molar-refractivity contribution in [2.24, 2.45) is 0 Å². The predicted octanol–water partition coefficient (Wildman–Crippen LogP) is 1.87. The molecule has 0 aliphatic carbocycles. The number of pyridine rings is 1. The number of unbranched alkanes of at least 4 members (excludes halogenated alkanes) is 1. The third-order valence-corrected chi connectivity index (χ3v) is 3.98. The molecule has 0 bridgehead atoms. The molecule has 0 saturated carbocycles. The first-order chi connectivity index (χ1) is 9.57. The smallest absolute Gasteiger partial charge is 0.232 e. The number of hydrogen-bond donors (Lipinski definition) is 1. The molecule has 1 rings (SSSR count). The molecule has 0 saturated heterocycles. The van der Waals surface area contributed by atoms with E-state index in [0.717, 1.165) is 0 Å². The van der Waals surface area contributed by atoms with Crippen LogP contribution in [0.2, 0.25) is 0 Å². The number of rotatable bonds is 10. The van der Waals surface area contributed by atoms with Crippen molar-refractivity contribution in [3.63, 3.8) is 0 Å². The lowest BCUT2D eigenvalue weighted by molar-refractivity contribution is 0.144. The molecule has 8 heteroatoms. The normalized spacial score (nSPS) is 11.3. The van der Waals surface area contributed by atoms with Crippen LogP contribution in [0.4, 0.5) is 5.69 Å². The lowest BCUT2D eigenvalue weighted by Crippen LogP contribution is -2.17. The number of hydrogen-bond acceptors (Lipinski definition) is 5. The molecule has 20 heavy (non-hydrogen) atoms. The maximum absolute atomic E-state index is 11.7. The van der Waals surface area contributed by atoms with Gasteiger partial charge in [0.1, 0.15) is 6.61 Å². The maximum atomic E-state index is 11.7. The van der Waals surface area contributed by atoms with Crippen LogP contribution in [0.25, 0.3) is 0 Å². The molecular weight excluding hydrogens is 304 g/mol. The summed E-state index contributed by atoms with van der Waals surface area (Å²) in [6, 6.07) is 3.21. The van der Waals surface area contributed by atoms with Crippen LogP contribution in [0.1, 0.15) is 12.8 Å². The van der Waals surface area contributed by atoms with Gasteiger partial charge in [-0.25, -0.2) is 13.4 Å². The van der Waals surface area contributed by atoms with E-state index >= 15 is 0 Å². The van der Waals surface area contributed by atoms with Crippen molar-refractivity contribution in [2.45, 2.75) is 12.8 Å². The number of ether oxygens (including phenoxy) is 2. The lowest BCUT2D eigenvalue weighted by Gasteiger charge is -2.08. The second-order valence-corrected chi connectivity index (χ2v) is 6.26. The number of nitrogens with zero attached hydrogens (tertiary/aromatic N) is 1. The van der Waals surface area contributed by atoms with E-state index in [4.69, 9.17) is 21.1 Å². The van der Waals surface area contributed by atoms with E-state index in [1.165, 1.54) is 6.20 Å². The molecule has 1 N–H and O–H groups in total. The summed E-state index contributed by atoms with van der Waals surface area (Å²) in [5.74, 6) is 0.934. The highest BCUT2D eigenvalue weighted by Gasteiger charge is 2.10. The minimum absolute atomic E-state index is 0.0474. The van der Waals surface area contributed by atoms with Gasteiger partial charge < -0.3 is 9.47 Å². The second-order valence-electron chi connectivity index (χ2n) is 4.04. The summed E-state index contributed by atoms with van der Waals surface area (Å²) in [4.78, 5) is 4.01. The lowest BCUT2D eigenvalue weighted by atomic mass is 10.4. The fraction of sp³-hybridized carbons (Fsp3) is 0.583. The topological polar surface area (TPSA) is 77.5 Å². The average molecular weight is 323 g/mol. The first kappa shape index (κ1) is 17.0. The molecule has 1 aromatic heterocycles. The van der Waals surface area contributed by atoms with Gasteiger partial charge in [-0.2, -0.15) is 0 Å². The van der Waals surface area contributed by atoms with Crippen LogP contribution in [0, 0.1) is 0 Å². The Morgan fingerprint density at radius 3 is 2.70 bits per heavy atom. The summed E-state index contributed by atoms with van der Waals surface area (Å²) < 4.78 is 36.1. The number of nitrogens with one attached hydrogen (secondary N) is 1. The van der Waals surface area contributed by atoms with E-state index in [0.29, 0.717) is 43.5 Å². The maximum Gasteiger partial charge on any atom is 0.232 e. The fourth-order valence-electron chi connectivity index (χ4n) is 1.37. The van der Waals surface area contributed by atoms with Crippen molar-refractivity contribution in [1.29, 1.82) is 0 Å². The molecule has 0 spiro atoms. The minimum Gasteiger partial charge on any atom is -0.475 e. The van der Waals surface area contributed by atoms with Gasteiger partial charge in [-0.15, -0.1) is 11.6 Å². The number of methoxy groups -OCH3 is 1. The van der Waals surface area contributed by atoms with E-state index < -0.39 is 10.0 Å². The van der Waals surface area contributed by atoms with E-state index in [9.17, 15) is 8.42 Å². The van der Waals surface area contributed by atoms with Gasteiger partial charge in [0.25, 0.3) is 0 Å². The molecule has 0 amide bonds. The zero-order valence-corrected chi connectivity index (χ0v) is 12.9. The van der Waals surface area contributed by atoms with Crippen LogP contribution in [-0.4, -0.2) is 45.4 Å². The summed E-state index contributed by atoms with van der Waals surface area (Å²) in [5.41, 5.74) is 0.412. The number of anilines is 1. The van der Waals surface area contributed by atoms with Gasteiger partial charge >= 0.3 is 0 Å². The molecular formula is C12H19ClN2O4S. The Bertz CT molecular complexity index is 479. The van der Waals surface area contributed by atoms with E-state index in [1.54, 1.807) is 19.2 Å². The van der Waals surface area contributed by atoms with E-state index in [-0.39, 0.29) is 5.75 Å². The van der Waals surface area contributed by atoms with Crippen LogP contribution >= 0.6 is 11.6 Å². The zero-order valence-electron chi connectivity index (χ0n) is 11.3. The van der Waals surface area contributed by atoms with Gasteiger partial charge in [0.05, 0.1) is 24.2 Å². The number of alkyl halides is 1. The SMILES string of the molecule is COCCOc1ccc(NS(=O)(=O)CCCCCl)cn1. The Morgan fingerprint density at radius 2 is 2.10 bits per heavy atom. The van der Waals surface area contributed by atoms with Gasteiger partial charge in [0, 0.05) is 19.1 Å². The van der Waals surface area contributed by atoms with Crippen molar-refractivity contribution < 1.29 is 17.9 Å². The highest BCUT2D eigenvalue weighted by atomic mass is 35.5. The third-order valence-electron chi connectivity index (χ3n) is 2.34. The predicted molar refractivity (Wildman–Crippen MR) is 79.0 cm³/mol. The minimum atomic E-state index is -3.35. The molecule has 1 heterocycles. The third kappa shape index (κ3) is 6.93. The second kappa shape index (κ2) is 8.99. The first-order valence-electron chi connectivity index (χ1n) is 6.21. The molecule has 6 nitrogen and oxygen atoms in total. The van der Waals surface area contributed by atoms with Crippen LogP contribution in [0.15, 0.2) is 18.3 Å². The van der Waals surface area contributed by atoms with Gasteiger partial charge in [-0.1, -0.05) is 0 Å². The monoisotopic (exact) mass is 322 g/mol. The Hall–Kier alpha value is -1.05. The van der Waals surface area contributed by atoms with E-state index in [1.807, 2.05) is 0 Å². The summed E-state index contributed by atoms with van der Waals surface area (Å²) in [7, 11) is -1.77. The van der Waals surface area contributed by atoms with E-state index in [2.05, 4.69) is 9.71 Å². The van der Waals surface area contributed by atoms with Gasteiger partial charge in [-0.05, 0) is 18.9 Å². The first-order valence-corrected chi connectivity index (χ1v) is 8.40. The van der Waals surface area contributed by atoms with Crippen LogP contribution in [0.3, 0.4) is 0 Å². The molecule has 0 radical (unpaired) electrons. The molecule has 0 aliphatic rings. The molecule has 114 valence electrons. The van der Waals surface area contributed by atoms with Gasteiger partial charge in [0.2, 0.25) is 15.9 Å². The highest BCUT2D eigenvalue weighted by molar-refractivity contribution is 7.92. The Labute approximate surface area is 124 Å². The molecule has 0 aromatic carbocycles. The van der Waals surface area contributed by atoms with Crippen LogP contribution in [0.5, 0.6) is 5.88 Å². The molecule has 1 aromatic rings. The standard InChI is InChI=1S/C12H19ClN2O4S/c1-18-7-8-19-12-5-4-11(10-14-12)15-20(16,17)9-3-2-6-13/h4-5,10,15H,2-3,6-9H2,1H3. The van der Waals surface area contributed by atoms with Crippen molar-refractivity contribution in [2.75, 3.05) is 36.7 Å². The summed E-state index contributed by atoms with van der Waals surface area (Å²) in [5, 5.41) is 0. The molecule has 0 unspecified atom stereocenters. The van der Waals surface area contributed by atoms with Crippen molar-refractivity contribution >= 4 is 27.3 Å². The quantitative estimate of drug-likeness (QED) is 0.525. The van der Waals surface area contributed by atoms with Crippen LogP contribution < -0.4 is 9.46 Å². The average Bonchev–Trinajstić information content (AvgIpc) is 2.41. The Morgan fingerprint density at radius 1 is 1.30 bits per heavy atom. The molecule has 0 aliphatic heterocycles. The van der Waals surface area contributed by atoms with Crippen molar-refractivity contribution in [3.05, 3.63) is 18.3 Å². The number of aromatic nitrogens is 1. The van der Waals surface area contributed by atoms with Crippen molar-refractivity contribution in [1.82, 2.24) is 4.98 Å². The Balaban J connectivity index is 2.47. The zero-order chi connectivity index (χ0) is 14.8. The molecule has 0 atom stereocenters. The number of sulfonamides is 1. The highest BCUT2D eigenvalue weighted by Crippen LogP contribution is 2.13. The van der Waals surface area contributed by atoms with Crippen LogP contribution in [-0.2, 0) is 14.8 Å².